The normalized spacial score (nSPS) is 10.9. The lowest BCUT2D eigenvalue weighted by Gasteiger charge is -1.98. The van der Waals surface area contributed by atoms with Crippen LogP contribution in [0, 0.1) is 11.3 Å². The first-order chi connectivity index (χ1) is 8.77. The molecule has 1 rings (SSSR count). The number of nitrogens with zero attached hydrogens (tertiary/aromatic N) is 1. The van der Waals surface area contributed by atoms with Crippen LogP contribution >= 0.6 is 0 Å². The molecule has 0 atom stereocenters. The van der Waals surface area contributed by atoms with Crippen LogP contribution in [0.2, 0.25) is 0 Å². The Hall–Kier alpha value is -2.60. The number of hydrogen-bond donors (Lipinski definition) is 0. The maximum Gasteiger partial charge on any atom is 0.349 e. The zero-order chi connectivity index (χ0) is 13.2. The number of ether oxygens (including phenoxy) is 1. The van der Waals surface area contributed by atoms with E-state index in [9.17, 15) is 4.79 Å². The number of rotatable bonds is 5. The monoisotopic (exact) mass is 239 g/mol. The number of hydrogen-bond acceptors (Lipinski definition) is 3. The van der Waals surface area contributed by atoms with Gasteiger partial charge in [-0.15, -0.1) is 0 Å². The molecule has 0 amide bonds. The van der Waals surface area contributed by atoms with Gasteiger partial charge in [-0.2, -0.15) is 5.26 Å². The highest BCUT2D eigenvalue weighted by atomic mass is 16.5. The average Bonchev–Trinajstić information content (AvgIpc) is 2.42. The Morgan fingerprint density at radius 1 is 1.39 bits per heavy atom. The van der Waals surface area contributed by atoms with Crippen LogP contribution in [0.4, 0.5) is 0 Å². The molecule has 0 fully saturated rings. The third kappa shape index (κ3) is 4.50. The highest BCUT2D eigenvalue weighted by Crippen LogP contribution is 2.03. The summed E-state index contributed by atoms with van der Waals surface area (Å²) in [5.41, 5.74) is 0.953. The molecular formula is C15H13NO2. The van der Waals surface area contributed by atoms with Gasteiger partial charge in [-0.25, -0.2) is 4.79 Å². The van der Waals surface area contributed by atoms with Crippen molar-refractivity contribution >= 4 is 12.0 Å². The molecular weight excluding hydrogens is 226 g/mol. The van der Waals surface area contributed by atoms with Crippen LogP contribution in [0.5, 0.6) is 0 Å². The molecule has 1 aromatic carbocycles. The lowest BCUT2D eigenvalue weighted by Crippen LogP contribution is -2.06. The van der Waals surface area contributed by atoms with Gasteiger partial charge in [-0.3, -0.25) is 0 Å². The van der Waals surface area contributed by atoms with Crippen LogP contribution in [0.15, 0.2) is 60.7 Å². The van der Waals surface area contributed by atoms with E-state index in [0.717, 1.165) is 5.56 Å². The summed E-state index contributed by atoms with van der Waals surface area (Å²) in [5.74, 6) is -0.643. The first-order valence-electron chi connectivity index (χ1n) is 5.39. The maximum absolute atomic E-state index is 11.4. The third-order valence-electron chi connectivity index (χ3n) is 2.02. The Labute approximate surface area is 106 Å². The van der Waals surface area contributed by atoms with Crippen molar-refractivity contribution in [2.24, 2.45) is 0 Å². The Kier molecular flexibility index (Phi) is 5.71. The fourth-order valence-corrected chi connectivity index (χ4v) is 1.18. The molecule has 0 bridgehead atoms. The van der Waals surface area contributed by atoms with E-state index in [-0.39, 0.29) is 12.2 Å². The molecule has 0 aliphatic rings. The smallest absolute Gasteiger partial charge is 0.349 e. The van der Waals surface area contributed by atoms with Gasteiger partial charge in [-0.05, 0) is 11.6 Å². The maximum atomic E-state index is 11.4. The molecule has 0 aromatic heterocycles. The van der Waals surface area contributed by atoms with Gasteiger partial charge < -0.3 is 4.74 Å². The zero-order valence-corrected chi connectivity index (χ0v) is 9.87. The number of nitriles is 1. The summed E-state index contributed by atoms with van der Waals surface area (Å²) < 4.78 is 4.77. The fourth-order valence-electron chi connectivity index (χ4n) is 1.18. The molecule has 0 aliphatic heterocycles. The second kappa shape index (κ2) is 7.64. The van der Waals surface area contributed by atoms with Crippen molar-refractivity contribution in [3.05, 3.63) is 66.3 Å². The first kappa shape index (κ1) is 13.5. The van der Waals surface area contributed by atoms with E-state index in [2.05, 4.69) is 6.58 Å². The predicted octanol–water partition coefficient (Wildman–Crippen LogP) is 2.88. The molecule has 0 radical (unpaired) electrons. The van der Waals surface area contributed by atoms with Gasteiger partial charge in [-0.1, -0.05) is 55.1 Å². The van der Waals surface area contributed by atoms with Gasteiger partial charge >= 0.3 is 5.97 Å². The largest absolute Gasteiger partial charge is 0.457 e. The van der Waals surface area contributed by atoms with Crippen LogP contribution in [0.25, 0.3) is 6.08 Å². The third-order valence-corrected chi connectivity index (χ3v) is 2.02. The predicted molar refractivity (Wildman–Crippen MR) is 70.3 cm³/mol. The molecule has 3 heteroatoms. The molecule has 3 nitrogen and oxygen atoms in total. The van der Waals surface area contributed by atoms with Gasteiger partial charge in [0, 0.05) is 0 Å². The number of esters is 1. The summed E-state index contributed by atoms with van der Waals surface area (Å²) in [6.07, 6.45) is 6.33. The summed E-state index contributed by atoms with van der Waals surface area (Å²) in [4.78, 5) is 11.4. The molecule has 90 valence electrons. The second-order valence-corrected chi connectivity index (χ2v) is 3.35. The first-order valence-corrected chi connectivity index (χ1v) is 5.39. The highest BCUT2D eigenvalue weighted by Gasteiger charge is 2.07. The summed E-state index contributed by atoms with van der Waals surface area (Å²) >= 11 is 0. The molecule has 0 spiro atoms. The lowest BCUT2D eigenvalue weighted by molar-refractivity contribution is -0.137. The minimum absolute atomic E-state index is 0.0379. The molecule has 0 saturated heterocycles. The van der Waals surface area contributed by atoms with E-state index in [1.165, 1.54) is 12.2 Å². The summed E-state index contributed by atoms with van der Waals surface area (Å²) in [5, 5.41) is 8.81. The van der Waals surface area contributed by atoms with E-state index in [0.29, 0.717) is 0 Å². The molecule has 0 saturated carbocycles. The van der Waals surface area contributed by atoms with Gasteiger partial charge in [0.2, 0.25) is 0 Å². The Balaban J connectivity index is 2.69. The van der Waals surface area contributed by atoms with Crippen molar-refractivity contribution in [1.82, 2.24) is 0 Å². The molecule has 0 unspecified atom stereocenters. The van der Waals surface area contributed by atoms with Crippen LogP contribution in [-0.2, 0) is 9.53 Å². The Morgan fingerprint density at radius 2 is 2.11 bits per heavy atom. The summed E-state index contributed by atoms with van der Waals surface area (Å²) in [6.45, 7) is 3.52. The van der Waals surface area contributed by atoms with Crippen molar-refractivity contribution in [1.29, 1.82) is 5.26 Å². The number of benzene rings is 1. The summed E-state index contributed by atoms with van der Waals surface area (Å²) in [7, 11) is 0. The van der Waals surface area contributed by atoms with E-state index >= 15 is 0 Å². The minimum Gasteiger partial charge on any atom is -0.457 e. The number of carbonyl (C=O) groups excluding carboxylic acids is 1. The van der Waals surface area contributed by atoms with E-state index < -0.39 is 5.97 Å². The average molecular weight is 239 g/mol. The van der Waals surface area contributed by atoms with Crippen molar-refractivity contribution < 1.29 is 9.53 Å². The number of allylic oxidation sites excluding steroid dienone is 2. The van der Waals surface area contributed by atoms with Gasteiger partial charge in [0.05, 0.1) is 0 Å². The van der Waals surface area contributed by atoms with Crippen LogP contribution in [0.3, 0.4) is 0 Å². The second-order valence-electron chi connectivity index (χ2n) is 3.35. The van der Waals surface area contributed by atoms with E-state index in [4.69, 9.17) is 10.00 Å². The lowest BCUT2D eigenvalue weighted by atomic mass is 10.2. The van der Waals surface area contributed by atoms with E-state index in [1.54, 1.807) is 18.2 Å². The minimum atomic E-state index is -0.643. The fraction of sp³-hybridized carbons (Fsp3) is 0.0667. The standard InChI is InChI=1S/C15H13NO2/c1-2-11-18-15(17)14(12-16)10-6-9-13-7-4-3-5-8-13/h2-10H,1,11H2/b9-6+,14-10+. The van der Waals surface area contributed by atoms with Gasteiger partial charge in [0.1, 0.15) is 18.2 Å². The molecule has 0 N–H and O–H groups in total. The number of carbonyl (C=O) groups is 1. The quantitative estimate of drug-likeness (QED) is 0.261. The van der Waals surface area contributed by atoms with Crippen LogP contribution < -0.4 is 0 Å². The van der Waals surface area contributed by atoms with Crippen molar-refractivity contribution in [3.8, 4) is 6.07 Å². The SMILES string of the molecule is C=CCOC(=O)/C(C#N)=C/C=C/c1ccccc1. The molecule has 0 aliphatic carbocycles. The highest BCUT2D eigenvalue weighted by molar-refractivity contribution is 5.93. The topological polar surface area (TPSA) is 50.1 Å². The van der Waals surface area contributed by atoms with Crippen molar-refractivity contribution in [2.75, 3.05) is 6.61 Å². The molecule has 18 heavy (non-hydrogen) atoms. The van der Waals surface area contributed by atoms with Crippen LogP contribution in [-0.4, -0.2) is 12.6 Å². The van der Waals surface area contributed by atoms with Crippen molar-refractivity contribution in [3.63, 3.8) is 0 Å². The zero-order valence-electron chi connectivity index (χ0n) is 9.87. The Morgan fingerprint density at radius 3 is 2.72 bits per heavy atom. The van der Waals surface area contributed by atoms with Gasteiger partial charge in [0.15, 0.2) is 0 Å². The summed E-state index contributed by atoms with van der Waals surface area (Å²) in [6, 6.07) is 11.4. The Bertz CT molecular complexity index is 507. The molecule has 0 heterocycles. The van der Waals surface area contributed by atoms with Gasteiger partial charge in [0.25, 0.3) is 0 Å². The van der Waals surface area contributed by atoms with Crippen molar-refractivity contribution in [2.45, 2.75) is 0 Å². The van der Waals surface area contributed by atoms with Crippen LogP contribution in [0.1, 0.15) is 5.56 Å². The van der Waals surface area contributed by atoms with E-state index in [1.807, 2.05) is 30.3 Å². The molecule has 1 aromatic rings.